The smallest absolute Gasteiger partial charge is 0.481 e. The molecule has 0 aliphatic heterocycles. The Hall–Kier alpha value is -5.08. The van der Waals surface area contributed by atoms with Crippen LogP contribution >= 0.6 is 0 Å². The van der Waals surface area contributed by atoms with Crippen LogP contribution in [-0.2, 0) is 19.9 Å². The average molecular weight is 578 g/mol. The van der Waals surface area contributed by atoms with Gasteiger partial charge in [0, 0.05) is 24.4 Å². The van der Waals surface area contributed by atoms with Crippen molar-refractivity contribution >= 4 is 29.7 Å². The Balaban J connectivity index is 0.000000745. The summed E-state index contributed by atoms with van der Waals surface area (Å²) in [7, 11) is 0. The van der Waals surface area contributed by atoms with Crippen LogP contribution in [0.4, 0.5) is 19.1 Å². The summed E-state index contributed by atoms with van der Waals surface area (Å²) < 4.78 is 31.7. The van der Waals surface area contributed by atoms with Crippen LogP contribution in [0.1, 0.15) is 48.2 Å². The molecule has 3 rings (SSSR count). The van der Waals surface area contributed by atoms with Gasteiger partial charge < -0.3 is 15.5 Å². The van der Waals surface area contributed by atoms with Gasteiger partial charge in [-0.3, -0.25) is 34.5 Å². The highest BCUT2D eigenvalue weighted by atomic mass is 19.4. The van der Waals surface area contributed by atoms with E-state index in [9.17, 15) is 32.3 Å². The van der Waals surface area contributed by atoms with Crippen molar-refractivity contribution in [1.29, 1.82) is 0 Å². The minimum absolute atomic E-state index is 0.174. The summed E-state index contributed by atoms with van der Waals surface area (Å²) in [6.07, 6.45) is -2.98. The largest absolute Gasteiger partial charge is 0.490 e. The lowest BCUT2D eigenvalue weighted by molar-refractivity contribution is -0.192. The first kappa shape index (κ1) is 32.1. The summed E-state index contributed by atoms with van der Waals surface area (Å²) in [5.74, 6) is -5.32. The van der Waals surface area contributed by atoms with Gasteiger partial charge >= 0.3 is 18.1 Å². The first-order valence-corrected chi connectivity index (χ1v) is 11.8. The van der Waals surface area contributed by atoms with Gasteiger partial charge in [0.15, 0.2) is 0 Å². The van der Waals surface area contributed by atoms with E-state index >= 15 is 0 Å². The Morgan fingerprint density at radius 2 is 1.54 bits per heavy atom. The van der Waals surface area contributed by atoms with Gasteiger partial charge in [0.25, 0.3) is 11.5 Å². The molecule has 15 heteroatoms. The highest BCUT2D eigenvalue weighted by Gasteiger charge is 2.38. The molecule has 3 aromatic rings. The van der Waals surface area contributed by atoms with Gasteiger partial charge in [0.05, 0.1) is 17.7 Å². The molecule has 0 aliphatic rings. The minimum atomic E-state index is -5.08. The third-order valence-electron chi connectivity index (χ3n) is 5.37. The van der Waals surface area contributed by atoms with Crippen molar-refractivity contribution in [3.05, 3.63) is 75.8 Å². The van der Waals surface area contributed by atoms with Crippen LogP contribution in [0.5, 0.6) is 0 Å². The zero-order valence-electron chi connectivity index (χ0n) is 22.0. The number of H-pyrrole nitrogens is 1. The number of carboxylic acids is 2. The number of aliphatic carboxylic acids is 2. The van der Waals surface area contributed by atoms with Crippen LogP contribution in [0.15, 0.2) is 53.6 Å². The van der Waals surface area contributed by atoms with Crippen molar-refractivity contribution < 1.29 is 42.6 Å². The molecule has 0 radical (unpaired) electrons. The topological polar surface area (TPSA) is 191 Å². The normalized spacial score (nSPS) is 11.1. The van der Waals surface area contributed by atoms with Gasteiger partial charge in [-0.25, -0.2) is 9.78 Å². The number of anilines is 1. The summed E-state index contributed by atoms with van der Waals surface area (Å²) in [6.45, 7) is 5.58. The SMILES string of the molecule is Cc1ccc(-c2ccc(C(C)(C)NC(=O)c3cnc(NC(=O)CCC(=O)O)[nH]c3=O)cn2)cc1.O=C(O)C(F)(F)F. The molecular formula is C26H26F3N5O7. The number of nitrogens with one attached hydrogen (secondary N) is 3. The molecule has 2 amide bonds. The molecule has 2 heterocycles. The van der Waals surface area contributed by atoms with E-state index in [1.807, 2.05) is 43.3 Å². The Labute approximate surface area is 230 Å². The van der Waals surface area contributed by atoms with E-state index in [0.717, 1.165) is 28.6 Å². The summed E-state index contributed by atoms with van der Waals surface area (Å²) >= 11 is 0. The van der Waals surface area contributed by atoms with E-state index in [1.54, 1.807) is 20.0 Å². The lowest BCUT2D eigenvalue weighted by Gasteiger charge is -2.26. The number of aryl methyl sites for hydroxylation is 1. The van der Waals surface area contributed by atoms with E-state index in [4.69, 9.17) is 15.0 Å². The highest BCUT2D eigenvalue weighted by molar-refractivity contribution is 5.94. The molecule has 0 saturated heterocycles. The van der Waals surface area contributed by atoms with E-state index in [0.29, 0.717) is 0 Å². The zero-order valence-corrected chi connectivity index (χ0v) is 22.0. The lowest BCUT2D eigenvalue weighted by Crippen LogP contribution is -2.43. The molecule has 218 valence electrons. The first-order chi connectivity index (χ1) is 19.0. The molecule has 0 spiro atoms. The van der Waals surface area contributed by atoms with Gasteiger partial charge in [-0.1, -0.05) is 35.9 Å². The molecule has 0 saturated carbocycles. The number of hydrogen-bond acceptors (Lipinski definition) is 7. The molecule has 0 unspecified atom stereocenters. The number of aromatic nitrogens is 3. The van der Waals surface area contributed by atoms with Crippen LogP contribution in [-0.4, -0.2) is 55.1 Å². The standard InChI is InChI=1S/C24H25N5O5.C2HF3O2/c1-14-4-6-15(7-5-14)18-9-8-16(12-25-18)24(2,3)29-22(34)17-13-26-23(28-21(17)33)27-19(30)10-11-20(31)32;3-2(4,5)1(6)7/h4-9,12-13H,10-11H2,1-3H3,(H,29,34)(H,31,32)(H2,26,27,28,30,33);(H,6,7). The van der Waals surface area contributed by atoms with Crippen molar-refractivity contribution in [1.82, 2.24) is 20.3 Å². The molecule has 0 bridgehead atoms. The van der Waals surface area contributed by atoms with Gasteiger partial charge in [-0.05, 0) is 32.4 Å². The van der Waals surface area contributed by atoms with Crippen molar-refractivity contribution in [2.75, 3.05) is 5.32 Å². The molecule has 2 aromatic heterocycles. The monoisotopic (exact) mass is 577 g/mol. The first-order valence-electron chi connectivity index (χ1n) is 11.8. The van der Waals surface area contributed by atoms with Crippen molar-refractivity contribution in [3.8, 4) is 11.3 Å². The fourth-order valence-electron chi connectivity index (χ4n) is 3.12. The summed E-state index contributed by atoms with van der Waals surface area (Å²) in [5.41, 5.74) is 1.85. The molecule has 12 nitrogen and oxygen atoms in total. The quantitative estimate of drug-likeness (QED) is 0.267. The number of hydrogen-bond donors (Lipinski definition) is 5. The molecule has 5 N–H and O–H groups in total. The Bertz CT molecular complexity index is 1470. The highest BCUT2D eigenvalue weighted by Crippen LogP contribution is 2.23. The Morgan fingerprint density at radius 3 is 2.02 bits per heavy atom. The number of aromatic amines is 1. The summed E-state index contributed by atoms with van der Waals surface area (Å²) in [5, 5.41) is 20.8. The maximum Gasteiger partial charge on any atom is 0.490 e. The molecular weight excluding hydrogens is 551 g/mol. The zero-order chi connectivity index (χ0) is 31.0. The van der Waals surface area contributed by atoms with E-state index in [2.05, 4.69) is 25.6 Å². The van der Waals surface area contributed by atoms with E-state index < -0.39 is 41.0 Å². The molecule has 41 heavy (non-hydrogen) atoms. The predicted octanol–water partition coefficient (Wildman–Crippen LogP) is 3.24. The minimum Gasteiger partial charge on any atom is -0.481 e. The van der Waals surface area contributed by atoms with E-state index in [1.165, 1.54) is 0 Å². The third-order valence-corrected chi connectivity index (χ3v) is 5.37. The summed E-state index contributed by atoms with van der Waals surface area (Å²) in [6, 6.07) is 11.7. The Kier molecular flexibility index (Phi) is 10.4. The number of halogens is 3. The lowest BCUT2D eigenvalue weighted by atomic mass is 9.95. The van der Waals surface area contributed by atoms with Gasteiger partial charge in [0.2, 0.25) is 11.9 Å². The molecule has 0 fully saturated rings. The second-order valence-corrected chi connectivity index (χ2v) is 9.10. The fourth-order valence-corrected chi connectivity index (χ4v) is 3.12. The number of carbonyl (C=O) groups is 4. The van der Waals surface area contributed by atoms with Gasteiger partial charge in [-0.15, -0.1) is 0 Å². The maximum absolute atomic E-state index is 12.7. The predicted molar refractivity (Wildman–Crippen MR) is 139 cm³/mol. The van der Waals surface area contributed by atoms with Gasteiger partial charge in [-0.2, -0.15) is 13.2 Å². The van der Waals surface area contributed by atoms with Crippen LogP contribution in [0.2, 0.25) is 0 Å². The average Bonchev–Trinajstić information content (AvgIpc) is 2.87. The van der Waals surface area contributed by atoms with Crippen LogP contribution in [0, 0.1) is 6.92 Å². The number of carbonyl (C=O) groups excluding carboxylic acids is 2. The summed E-state index contributed by atoms with van der Waals surface area (Å²) in [4.78, 5) is 66.9. The molecule has 1 aromatic carbocycles. The number of pyridine rings is 1. The van der Waals surface area contributed by atoms with Gasteiger partial charge in [0.1, 0.15) is 5.56 Å². The maximum atomic E-state index is 12.7. The number of carboxylic acid groups (broad SMARTS) is 2. The van der Waals surface area contributed by atoms with Crippen LogP contribution in [0.3, 0.4) is 0 Å². The Morgan fingerprint density at radius 1 is 0.927 bits per heavy atom. The van der Waals surface area contributed by atoms with E-state index in [-0.39, 0.29) is 24.4 Å². The number of rotatable bonds is 8. The number of benzene rings is 1. The van der Waals surface area contributed by atoms with Crippen molar-refractivity contribution in [3.63, 3.8) is 0 Å². The number of nitrogens with zero attached hydrogens (tertiary/aromatic N) is 2. The van der Waals surface area contributed by atoms with Crippen LogP contribution in [0.25, 0.3) is 11.3 Å². The number of alkyl halides is 3. The second kappa shape index (κ2) is 13.3. The second-order valence-electron chi connectivity index (χ2n) is 9.10. The molecule has 0 aliphatic carbocycles. The van der Waals surface area contributed by atoms with Crippen LogP contribution < -0.4 is 16.2 Å². The molecule has 0 atom stereocenters. The van der Waals surface area contributed by atoms with Crippen molar-refractivity contribution in [2.24, 2.45) is 0 Å². The third kappa shape index (κ3) is 9.87. The fraction of sp³-hybridized carbons (Fsp3) is 0.269. The number of amides is 2. The van der Waals surface area contributed by atoms with Crippen molar-refractivity contribution in [2.45, 2.75) is 45.3 Å².